The fraction of sp³-hybridized carbons (Fsp3) is 0.111. The standard InChI is InChI=1S/C9H11N5O/c10-8(11)7(9(12)15)14-13-6-4-2-1-3-5-6/h1-5,7H,(H3,10,11)(H2,12,15)/b14-13+. The minimum absolute atomic E-state index is 0.415. The second kappa shape index (κ2) is 4.85. The molecular formula is C9H11N5O. The van der Waals surface area contributed by atoms with Crippen LogP contribution in [0.15, 0.2) is 40.6 Å². The molecule has 0 bridgehead atoms. The number of rotatable bonds is 4. The molecule has 6 heteroatoms. The van der Waals surface area contributed by atoms with Gasteiger partial charge < -0.3 is 11.5 Å². The molecule has 0 heterocycles. The number of nitrogens with zero attached hydrogens (tertiary/aromatic N) is 2. The summed E-state index contributed by atoms with van der Waals surface area (Å²) in [6, 6.07) is 7.62. The molecule has 0 spiro atoms. The van der Waals surface area contributed by atoms with Crippen molar-refractivity contribution < 1.29 is 4.79 Å². The first-order valence-corrected chi connectivity index (χ1v) is 4.20. The summed E-state index contributed by atoms with van der Waals surface area (Å²) in [5.74, 6) is -1.20. The summed E-state index contributed by atoms with van der Waals surface area (Å²) in [6.07, 6.45) is 0. The van der Waals surface area contributed by atoms with E-state index in [0.717, 1.165) is 0 Å². The van der Waals surface area contributed by atoms with Gasteiger partial charge in [0.15, 0.2) is 0 Å². The van der Waals surface area contributed by atoms with Crippen LogP contribution in [0.2, 0.25) is 0 Å². The Morgan fingerprint density at radius 3 is 2.33 bits per heavy atom. The molecule has 0 fully saturated rings. The fourth-order valence-corrected chi connectivity index (χ4v) is 0.891. The molecule has 5 N–H and O–H groups in total. The second-order valence-electron chi connectivity index (χ2n) is 2.81. The predicted molar refractivity (Wildman–Crippen MR) is 55.9 cm³/mol. The number of amides is 1. The normalized spacial score (nSPS) is 12.5. The number of benzene rings is 1. The highest BCUT2D eigenvalue weighted by molar-refractivity contribution is 6.04. The van der Waals surface area contributed by atoms with E-state index in [9.17, 15) is 4.79 Å². The molecule has 0 radical (unpaired) electrons. The smallest absolute Gasteiger partial charge is 0.251 e. The minimum Gasteiger partial charge on any atom is -0.385 e. The maximum atomic E-state index is 10.8. The number of amidine groups is 1. The van der Waals surface area contributed by atoms with Crippen LogP contribution in [0.3, 0.4) is 0 Å². The zero-order valence-electron chi connectivity index (χ0n) is 7.92. The van der Waals surface area contributed by atoms with Crippen LogP contribution in [0, 0.1) is 5.41 Å². The summed E-state index contributed by atoms with van der Waals surface area (Å²) in [6.45, 7) is 0. The summed E-state index contributed by atoms with van der Waals surface area (Å²) in [5, 5.41) is 14.4. The zero-order chi connectivity index (χ0) is 11.3. The van der Waals surface area contributed by atoms with Gasteiger partial charge in [-0.2, -0.15) is 10.2 Å². The zero-order valence-corrected chi connectivity index (χ0v) is 7.92. The third-order valence-corrected chi connectivity index (χ3v) is 1.61. The quantitative estimate of drug-likeness (QED) is 0.378. The van der Waals surface area contributed by atoms with E-state index in [1.165, 1.54) is 0 Å². The van der Waals surface area contributed by atoms with Gasteiger partial charge in [0.2, 0.25) is 6.04 Å². The Kier molecular flexibility index (Phi) is 3.50. The summed E-state index contributed by atoms with van der Waals surface area (Å²) in [4.78, 5) is 10.8. The SMILES string of the molecule is N=C(N)C(/N=N/c1ccccc1)C(N)=O. The summed E-state index contributed by atoms with van der Waals surface area (Å²) in [7, 11) is 0. The predicted octanol–water partition coefficient (Wildman–Crippen LogP) is 0.560. The van der Waals surface area contributed by atoms with Crippen LogP contribution in [0.1, 0.15) is 0 Å². The molecule has 1 rings (SSSR count). The van der Waals surface area contributed by atoms with Crippen molar-refractivity contribution >= 4 is 17.4 Å². The van der Waals surface area contributed by atoms with Crippen molar-refractivity contribution in [2.45, 2.75) is 6.04 Å². The van der Waals surface area contributed by atoms with Crippen molar-refractivity contribution in [3.63, 3.8) is 0 Å². The average Bonchev–Trinajstić information content (AvgIpc) is 2.18. The van der Waals surface area contributed by atoms with Crippen molar-refractivity contribution in [1.29, 1.82) is 5.41 Å². The number of nitrogens with one attached hydrogen (secondary N) is 1. The molecule has 0 aliphatic heterocycles. The number of carbonyl (C=O) groups is 1. The Balaban J connectivity index is 2.79. The molecule has 0 aromatic heterocycles. The lowest BCUT2D eigenvalue weighted by Crippen LogP contribution is -2.38. The van der Waals surface area contributed by atoms with E-state index in [2.05, 4.69) is 10.2 Å². The largest absolute Gasteiger partial charge is 0.385 e. The number of hydrogen-bond donors (Lipinski definition) is 3. The average molecular weight is 205 g/mol. The van der Waals surface area contributed by atoms with Crippen molar-refractivity contribution in [1.82, 2.24) is 0 Å². The van der Waals surface area contributed by atoms with Crippen LogP contribution in [-0.2, 0) is 4.79 Å². The van der Waals surface area contributed by atoms with Gasteiger partial charge >= 0.3 is 0 Å². The maximum absolute atomic E-state index is 10.8. The van der Waals surface area contributed by atoms with E-state index >= 15 is 0 Å². The van der Waals surface area contributed by atoms with Crippen LogP contribution in [-0.4, -0.2) is 17.8 Å². The monoisotopic (exact) mass is 205 g/mol. The van der Waals surface area contributed by atoms with Crippen molar-refractivity contribution in [3.05, 3.63) is 30.3 Å². The Labute approximate surface area is 86.5 Å². The summed E-state index contributed by atoms with van der Waals surface area (Å²) in [5.41, 5.74) is 10.7. The number of azo groups is 1. The third-order valence-electron chi connectivity index (χ3n) is 1.61. The molecule has 1 aromatic rings. The summed E-state index contributed by atoms with van der Waals surface area (Å²) < 4.78 is 0. The van der Waals surface area contributed by atoms with Crippen molar-refractivity contribution in [2.24, 2.45) is 21.7 Å². The fourth-order valence-electron chi connectivity index (χ4n) is 0.891. The maximum Gasteiger partial charge on any atom is 0.251 e. The number of carbonyl (C=O) groups excluding carboxylic acids is 1. The van der Waals surface area contributed by atoms with Crippen molar-refractivity contribution in [2.75, 3.05) is 0 Å². The molecule has 1 amide bonds. The highest BCUT2D eigenvalue weighted by Crippen LogP contribution is 2.10. The lowest BCUT2D eigenvalue weighted by Gasteiger charge is -2.03. The van der Waals surface area contributed by atoms with Gasteiger partial charge in [-0.3, -0.25) is 10.2 Å². The van der Waals surface area contributed by atoms with Crippen LogP contribution < -0.4 is 11.5 Å². The minimum atomic E-state index is -1.19. The first kappa shape index (κ1) is 10.8. The molecule has 15 heavy (non-hydrogen) atoms. The molecule has 0 saturated carbocycles. The highest BCUT2D eigenvalue weighted by atomic mass is 16.1. The lowest BCUT2D eigenvalue weighted by atomic mass is 10.3. The number of nitrogens with two attached hydrogens (primary N) is 2. The molecule has 6 nitrogen and oxygen atoms in total. The third kappa shape index (κ3) is 3.18. The first-order valence-electron chi connectivity index (χ1n) is 4.20. The Hall–Kier alpha value is -2.24. The van der Waals surface area contributed by atoms with Gasteiger partial charge in [0.05, 0.1) is 5.69 Å². The Bertz CT molecular complexity index is 373. The molecule has 0 aliphatic carbocycles. The Morgan fingerprint density at radius 2 is 1.87 bits per heavy atom. The van der Waals surface area contributed by atoms with E-state index in [0.29, 0.717) is 5.69 Å². The van der Waals surface area contributed by atoms with E-state index in [1.54, 1.807) is 24.3 Å². The molecule has 0 aliphatic rings. The van der Waals surface area contributed by atoms with Gasteiger partial charge in [-0.1, -0.05) is 18.2 Å². The Morgan fingerprint density at radius 1 is 1.27 bits per heavy atom. The molecule has 1 unspecified atom stereocenters. The van der Waals surface area contributed by atoms with Gasteiger partial charge in [-0.05, 0) is 12.1 Å². The van der Waals surface area contributed by atoms with Gasteiger partial charge in [-0.15, -0.1) is 0 Å². The first-order chi connectivity index (χ1) is 7.11. The topological polar surface area (TPSA) is 118 Å². The summed E-state index contributed by atoms with van der Waals surface area (Å²) >= 11 is 0. The van der Waals surface area contributed by atoms with Gasteiger partial charge in [0.25, 0.3) is 5.91 Å². The van der Waals surface area contributed by atoms with Crippen LogP contribution in [0.4, 0.5) is 5.69 Å². The second-order valence-corrected chi connectivity index (χ2v) is 2.81. The van der Waals surface area contributed by atoms with Gasteiger partial charge in [0.1, 0.15) is 5.84 Å². The van der Waals surface area contributed by atoms with E-state index in [-0.39, 0.29) is 0 Å². The lowest BCUT2D eigenvalue weighted by molar-refractivity contribution is -0.117. The van der Waals surface area contributed by atoms with Gasteiger partial charge in [-0.25, -0.2) is 0 Å². The van der Waals surface area contributed by atoms with E-state index in [1.807, 2.05) is 6.07 Å². The van der Waals surface area contributed by atoms with Crippen LogP contribution in [0.5, 0.6) is 0 Å². The molecule has 0 saturated heterocycles. The van der Waals surface area contributed by atoms with Crippen LogP contribution in [0.25, 0.3) is 0 Å². The van der Waals surface area contributed by atoms with Crippen molar-refractivity contribution in [3.8, 4) is 0 Å². The van der Waals surface area contributed by atoms with E-state index < -0.39 is 17.8 Å². The molecular weight excluding hydrogens is 194 g/mol. The molecule has 78 valence electrons. The number of primary amides is 1. The van der Waals surface area contributed by atoms with E-state index in [4.69, 9.17) is 16.9 Å². The number of hydrogen-bond acceptors (Lipinski definition) is 4. The molecule has 1 aromatic carbocycles. The highest BCUT2D eigenvalue weighted by Gasteiger charge is 2.17. The van der Waals surface area contributed by atoms with Crippen LogP contribution >= 0.6 is 0 Å². The van der Waals surface area contributed by atoms with Gasteiger partial charge in [0, 0.05) is 0 Å². The molecule has 1 atom stereocenters.